The molecule has 1 aliphatic rings. The Morgan fingerprint density at radius 1 is 1.33 bits per heavy atom. The van der Waals surface area contributed by atoms with Crippen molar-refractivity contribution >= 4 is 17.7 Å². The molecule has 114 valence electrons. The van der Waals surface area contributed by atoms with E-state index in [-0.39, 0.29) is 17.4 Å². The summed E-state index contributed by atoms with van der Waals surface area (Å²) in [6.07, 6.45) is 6.07. The molecule has 0 atom stereocenters. The molecule has 0 aromatic carbocycles. The fourth-order valence-corrected chi connectivity index (χ4v) is 2.61. The number of carbonyl (C=O) groups excluding carboxylic acids is 1. The summed E-state index contributed by atoms with van der Waals surface area (Å²) in [5.41, 5.74) is 0.0545. The fourth-order valence-electron chi connectivity index (χ4n) is 2.61. The van der Waals surface area contributed by atoms with Crippen LogP contribution >= 0.6 is 0 Å². The highest BCUT2D eigenvalue weighted by molar-refractivity contribution is 5.98. The number of carboxylic acids is 1. The van der Waals surface area contributed by atoms with Crippen molar-refractivity contribution < 1.29 is 14.7 Å². The van der Waals surface area contributed by atoms with Gasteiger partial charge in [0.15, 0.2) is 5.69 Å². The molecule has 0 bridgehead atoms. The van der Waals surface area contributed by atoms with Gasteiger partial charge in [-0.15, -0.1) is 0 Å². The number of anilines is 1. The third-order valence-electron chi connectivity index (χ3n) is 3.95. The van der Waals surface area contributed by atoms with Gasteiger partial charge in [-0.25, -0.2) is 14.6 Å². The molecule has 0 saturated heterocycles. The normalized spacial score (nSPS) is 21.6. The topological polar surface area (TPSA) is 91.3 Å². The molecule has 6 heteroatoms. The predicted molar refractivity (Wildman–Crippen MR) is 79.3 cm³/mol. The highest BCUT2D eigenvalue weighted by atomic mass is 16.4. The Bertz CT molecular complexity index is 511. The molecule has 3 N–H and O–H groups in total. The molecule has 2 amide bonds. The Morgan fingerprint density at radius 2 is 2.05 bits per heavy atom. The van der Waals surface area contributed by atoms with E-state index in [0.29, 0.717) is 12.5 Å². The Hall–Kier alpha value is -2.11. The predicted octanol–water partition coefficient (Wildman–Crippen LogP) is 2.73. The summed E-state index contributed by atoms with van der Waals surface area (Å²) in [5, 5.41) is 14.4. The van der Waals surface area contributed by atoms with Crippen molar-refractivity contribution in [1.29, 1.82) is 0 Å². The summed E-state index contributed by atoms with van der Waals surface area (Å²) < 4.78 is 0. The first kappa shape index (κ1) is 15.3. The molecule has 0 unspecified atom stereocenters. The monoisotopic (exact) mass is 291 g/mol. The summed E-state index contributed by atoms with van der Waals surface area (Å²) in [5.74, 6) is 0.135. The Labute approximate surface area is 124 Å². The van der Waals surface area contributed by atoms with E-state index in [1.165, 1.54) is 25.1 Å². The number of aromatic nitrogens is 1. The van der Waals surface area contributed by atoms with Crippen LogP contribution in [-0.4, -0.2) is 28.6 Å². The van der Waals surface area contributed by atoms with Crippen LogP contribution < -0.4 is 10.6 Å². The van der Waals surface area contributed by atoms with Crippen LogP contribution in [0, 0.1) is 11.8 Å². The van der Waals surface area contributed by atoms with Crippen LogP contribution in [0.5, 0.6) is 0 Å². The Balaban J connectivity index is 1.83. The van der Waals surface area contributed by atoms with Crippen LogP contribution in [0.3, 0.4) is 0 Å². The molecule has 0 radical (unpaired) electrons. The van der Waals surface area contributed by atoms with Gasteiger partial charge in [-0.2, -0.15) is 0 Å². The average Bonchev–Trinajstić information content (AvgIpc) is 2.47. The number of carboxylic acid groups (broad SMARTS) is 1. The van der Waals surface area contributed by atoms with Crippen molar-refractivity contribution in [1.82, 2.24) is 10.3 Å². The molecule has 1 aromatic heterocycles. The van der Waals surface area contributed by atoms with E-state index in [2.05, 4.69) is 22.5 Å². The quantitative estimate of drug-likeness (QED) is 0.795. The maximum Gasteiger partial charge on any atom is 0.356 e. The molecule has 1 aromatic rings. The number of hydrogen-bond acceptors (Lipinski definition) is 3. The lowest BCUT2D eigenvalue weighted by atomic mass is 9.83. The molecule has 0 spiro atoms. The second-order valence-corrected chi connectivity index (χ2v) is 5.67. The third kappa shape index (κ3) is 4.44. The summed E-state index contributed by atoms with van der Waals surface area (Å²) in [7, 11) is 0. The highest BCUT2D eigenvalue weighted by Gasteiger charge is 2.19. The first-order valence-corrected chi connectivity index (χ1v) is 7.29. The van der Waals surface area contributed by atoms with Crippen molar-refractivity contribution in [2.45, 2.75) is 32.6 Å². The molecule has 6 nitrogen and oxygen atoms in total. The maximum absolute atomic E-state index is 11.9. The van der Waals surface area contributed by atoms with Crippen LogP contribution in [0.15, 0.2) is 18.3 Å². The second-order valence-electron chi connectivity index (χ2n) is 5.67. The third-order valence-corrected chi connectivity index (χ3v) is 3.95. The largest absolute Gasteiger partial charge is 0.476 e. The minimum Gasteiger partial charge on any atom is -0.476 e. The zero-order chi connectivity index (χ0) is 15.2. The first-order valence-electron chi connectivity index (χ1n) is 7.29. The van der Waals surface area contributed by atoms with Gasteiger partial charge in [-0.3, -0.25) is 0 Å². The van der Waals surface area contributed by atoms with Gasteiger partial charge in [-0.05, 0) is 36.8 Å². The number of nitrogens with zero attached hydrogens (tertiary/aromatic N) is 1. The fraction of sp³-hybridized carbons (Fsp3) is 0.533. The van der Waals surface area contributed by atoms with E-state index in [0.717, 1.165) is 18.8 Å². The molecule has 1 saturated carbocycles. The number of aromatic carboxylic acids is 1. The Morgan fingerprint density at radius 3 is 2.71 bits per heavy atom. The lowest BCUT2D eigenvalue weighted by molar-refractivity contribution is 0.0691. The first-order chi connectivity index (χ1) is 10.1. The SMILES string of the molecule is CC1CCC(CNC(=O)Nc2cccnc2C(=O)O)CC1. The van der Waals surface area contributed by atoms with Gasteiger partial charge in [0.25, 0.3) is 0 Å². The minimum atomic E-state index is -1.16. The van der Waals surface area contributed by atoms with Crippen LogP contribution in [0.25, 0.3) is 0 Å². The highest BCUT2D eigenvalue weighted by Crippen LogP contribution is 2.27. The van der Waals surface area contributed by atoms with Crippen molar-refractivity contribution in [3.63, 3.8) is 0 Å². The van der Waals surface area contributed by atoms with Crippen molar-refractivity contribution in [2.75, 3.05) is 11.9 Å². The average molecular weight is 291 g/mol. The smallest absolute Gasteiger partial charge is 0.356 e. The molecular weight excluding hydrogens is 270 g/mol. The minimum absolute atomic E-state index is 0.154. The number of urea groups is 1. The van der Waals surface area contributed by atoms with Gasteiger partial charge in [0.05, 0.1) is 5.69 Å². The molecule has 21 heavy (non-hydrogen) atoms. The summed E-state index contributed by atoms with van der Waals surface area (Å²) in [4.78, 5) is 26.6. The van der Waals surface area contributed by atoms with Crippen molar-refractivity contribution in [3.05, 3.63) is 24.0 Å². The van der Waals surface area contributed by atoms with Crippen LogP contribution in [0.2, 0.25) is 0 Å². The zero-order valence-corrected chi connectivity index (χ0v) is 12.1. The van der Waals surface area contributed by atoms with Gasteiger partial charge in [0, 0.05) is 12.7 Å². The lowest BCUT2D eigenvalue weighted by Crippen LogP contribution is -2.34. The van der Waals surface area contributed by atoms with Gasteiger partial charge in [-0.1, -0.05) is 19.8 Å². The van der Waals surface area contributed by atoms with E-state index in [9.17, 15) is 9.59 Å². The summed E-state index contributed by atoms with van der Waals surface area (Å²) >= 11 is 0. The molecule has 1 fully saturated rings. The number of pyridine rings is 1. The molecular formula is C15H21N3O3. The molecule has 0 aliphatic heterocycles. The number of carbonyl (C=O) groups is 2. The summed E-state index contributed by atoms with van der Waals surface area (Å²) in [6, 6.07) is 2.73. The van der Waals surface area contributed by atoms with Crippen LogP contribution in [-0.2, 0) is 0 Å². The second kappa shape index (κ2) is 7.06. The lowest BCUT2D eigenvalue weighted by Gasteiger charge is -2.26. The van der Waals surface area contributed by atoms with Crippen LogP contribution in [0.1, 0.15) is 43.1 Å². The van der Waals surface area contributed by atoms with Gasteiger partial charge in [0.2, 0.25) is 0 Å². The van der Waals surface area contributed by atoms with E-state index < -0.39 is 5.97 Å². The zero-order valence-electron chi connectivity index (χ0n) is 12.1. The summed E-state index contributed by atoms with van der Waals surface area (Å²) in [6.45, 7) is 2.88. The van der Waals surface area contributed by atoms with E-state index in [1.54, 1.807) is 6.07 Å². The van der Waals surface area contributed by atoms with Gasteiger partial charge in [0.1, 0.15) is 0 Å². The van der Waals surface area contributed by atoms with Gasteiger partial charge >= 0.3 is 12.0 Å². The standard InChI is InChI=1S/C15H21N3O3/c1-10-4-6-11(7-5-10)9-17-15(21)18-12-3-2-8-16-13(12)14(19)20/h2-3,8,10-11H,4-7,9H2,1H3,(H,19,20)(H2,17,18,21). The Kier molecular flexibility index (Phi) is 5.14. The van der Waals surface area contributed by atoms with Crippen molar-refractivity contribution in [3.8, 4) is 0 Å². The maximum atomic E-state index is 11.9. The van der Waals surface area contributed by atoms with Gasteiger partial charge < -0.3 is 15.7 Å². The number of rotatable bonds is 4. The molecule has 2 rings (SSSR count). The number of hydrogen-bond donors (Lipinski definition) is 3. The number of nitrogens with one attached hydrogen (secondary N) is 2. The van der Waals surface area contributed by atoms with Crippen molar-refractivity contribution in [2.24, 2.45) is 11.8 Å². The molecule has 1 aliphatic carbocycles. The van der Waals surface area contributed by atoms with Crippen LogP contribution in [0.4, 0.5) is 10.5 Å². The van der Waals surface area contributed by atoms with E-state index >= 15 is 0 Å². The molecule has 1 heterocycles. The van der Waals surface area contributed by atoms with E-state index in [4.69, 9.17) is 5.11 Å². The van der Waals surface area contributed by atoms with E-state index in [1.807, 2.05) is 0 Å². The number of amides is 2.